The highest BCUT2D eigenvalue weighted by molar-refractivity contribution is 14.0. The summed E-state index contributed by atoms with van der Waals surface area (Å²) in [7, 11) is -2.92. The van der Waals surface area contributed by atoms with Crippen molar-refractivity contribution in [3.63, 3.8) is 0 Å². The molecular weight excluding hydrogens is 522 g/mol. The van der Waals surface area contributed by atoms with Gasteiger partial charge < -0.3 is 20.3 Å². The lowest BCUT2D eigenvalue weighted by atomic mass is 10.1. The van der Waals surface area contributed by atoms with E-state index in [4.69, 9.17) is 4.74 Å². The molecule has 0 saturated carbocycles. The smallest absolute Gasteiger partial charge is 0.191 e. The third-order valence-electron chi connectivity index (χ3n) is 4.69. The Morgan fingerprint density at radius 1 is 1.37 bits per heavy atom. The number of rotatable bonds is 9. The molecule has 1 heterocycles. The molecule has 1 aromatic rings. The second kappa shape index (κ2) is 13.3. The Morgan fingerprint density at radius 3 is 2.67 bits per heavy atom. The van der Waals surface area contributed by atoms with Crippen LogP contribution in [0.25, 0.3) is 0 Å². The minimum atomic E-state index is -2.92. The molecule has 1 atom stereocenters. The number of aliphatic imine (C=N–C) groups is 1. The lowest BCUT2D eigenvalue weighted by Crippen LogP contribution is -2.49. The predicted molar refractivity (Wildman–Crippen MR) is 130 cm³/mol. The van der Waals surface area contributed by atoms with Crippen LogP contribution in [-0.4, -0.2) is 76.2 Å². The molecule has 1 aliphatic rings. The lowest BCUT2D eigenvalue weighted by Gasteiger charge is -2.33. The molecule has 1 aliphatic heterocycles. The minimum Gasteiger partial charge on any atom is -0.489 e. The van der Waals surface area contributed by atoms with Crippen LogP contribution < -0.4 is 15.4 Å². The van der Waals surface area contributed by atoms with Gasteiger partial charge in [0.2, 0.25) is 0 Å². The summed E-state index contributed by atoms with van der Waals surface area (Å²) in [5.41, 5.74) is 0. The quantitative estimate of drug-likeness (QED) is 0.276. The summed E-state index contributed by atoms with van der Waals surface area (Å²) < 4.78 is 41.6. The number of piperidine rings is 1. The van der Waals surface area contributed by atoms with Gasteiger partial charge in [-0.2, -0.15) is 0 Å². The number of hydrogen-bond donors (Lipinski definition) is 2. The number of sulfone groups is 1. The Bertz CT molecular complexity index is 771. The highest BCUT2D eigenvalue weighted by atomic mass is 127. The number of likely N-dealkylation sites (tertiary alicyclic amines) is 1. The molecule has 1 unspecified atom stereocenters. The maximum atomic E-state index is 13.3. The van der Waals surface area contributed by atoms with Crippen molar-refractivity contribution in [2.24, 2.45) is 4.99 Å². The van der Waals surface area contributed by atoms with E-state index in [1.165, 1.54) is 18.4 Å². The van der Waals surface area contributed by atoms with Crippen molar-refractivity contribution >= 4 is 39.8 Å². The monoisotopic (exact) mass is 556 g/mol. The van der Waals surface area contributed by atoms with Crippen molar-refractivity contribution in [1.82, 2.24) is 15.5 Å². The standard InChI is InChI=1S/C20H33FN4O3S.HI/c1-4-22-20(23-15-16(2)28-19-7-5-6-17(21)14-19)24-18-8-10-25(11-9-18)12-13-29(3,26)27;/h5-7,14,16,18H,4,8-13,15H2,1-3H3,(H2,22,23,24);1H. The van der Waals surface area contributed by atoms with Gasteiger partial charge in [-0.1, -0.05) is 6.07 Å². The van der Waals surface area contributed by atoms with Crippen LogP contribution in [-0.2, 0) is 9.84 Å². The van der Waals surface area contributed by atoms with E-state index >= 15 is 0 Å². The molecule has 0 spiro atoms. The van der Waals surface area contributed by atoms with Gasteiger partial charge in [0.05, 0.1) is 12.3 Å². The summed E-state index contributed by atoms with van der Waals surface area (Å²) in [6, 6.07) is 6.39. The first-order valence-electron chi connectivity index (χ1n) is 10.1. The van der Waals surface area contributed by atoms with Crippen LogP contribution in [0.5, 0.6) is 5.75 Å². The average molecular weight is 556 g/mol. The third-order valence-corrected chi connectivity index (χ3v) is 5.61. The molecule has 0 aromatic heterocycles. The fourth-order valence-corrected chi connectivity index (χ4v) is 3.73. The molecule has 10 heteroatoms. The first-order chi connectivity index (χ1) is 13.7. The fourth-order valence-electron chi connectivity index (χ4n) is 3.14. The van der Waals surface area contributed by atoms with Crippen LogP contribution in [0.4, 0.5) is 4.39 Å². The zero-order chi connectivity index (χ0) is 21.3. The number of halogens is 2. The van der Waals surface area contributed by atoms with Crippen LogP contribution >= 0.6 is 24.0 Å². The Hall–Kier alpha value is -1.14. The molecule has 2 rings (SSSR count). The van der Waals surface area contributed by atoms with E-state index in [0.717, 1.165) is 38.4 Å². The van der Waals surface area contributed by atoms with E-state index in [-0.39, 0.29) is 41.7 Å². The summed E-state index contributed by atoms with van der Waals surface area (Å²) in [6.07, 6.45) is 2.96. The Kier molecular flexibility index (Phi) is 11.9. The number of ether oxygens (including phenoxy) is 1. The second-order valence-corrected chi connectivity index (χ2v) is 9.76. The van der Waals surface area contributed by atoms with Crippen molar-refractivity contribution < 1.29 is 17.5 Å². The average Bonchev–Trinajstić information content (AvgIpc) is 2.65. The molecule has 1 saturated heterocycles. The van der Waals surface area contributed by atoms with Crippen molar-refractivity contribution in [2.45, 2.75) is 38.8 Å². The van der Waals surface area contributed by atoms with Gasteiger partial charge in [0.1, 0.15) is 27.5 Å². The third kappa shape index (κ3) is 10.8. The van der Waals surface area contributed by atoms with Gasteiger partial charge in [0, 0.05) is 44.5 Å². The SMILES string of the molecule is CCNC(=NCC(C)Oc1cccc(F)c1)NC1CCN(CCS(C)(=O)=O)CC1.I. The maximum Gasteiger partial charge on any atom is 0.191 e. The fraction of sp³-hybridized carbons (Fsp3) is 0.650. The van der Waals surface area contributed by atoms with Gasteiger partial charge in [-0.05, 0) is 38.8 Å². The molecule has 0 bridgehead atoms. The first kappa shape index (κ1) is 26.9. The molecular formula is C20H34FIN4O3S. The molecule has 172 valence electrons. The number of hydrogen-bond acceptors (Lipinski definition) is 5. The van der Waals surface area contributed by atoms with Crippen molar-refractivity contribution in [1.29, 1.82) is 0 Å². The summed E-state index contributed by atoms with van der Waals surface area (Å²) in [5.74, 6) is 1.11. The van der Waals surface area contributed by atoms with Crippen LogP contribution in [0.2, 0.25) is 0 Å². The number of nitrogens with zero attached hydrogens (tertiary/aromatic N) is 2. The van der Waals surface area contributed by atoms with Gasteiger partial charge in [-0.15, -0.1) is 24.0 Å². The molecule has 1 fully saturated rings. The van der Waals surface area contributed by atoms with Gasteiger partial charge in [-0.25, -0.2) is 17.8 Å². The van der Waals surface area contributed by atoms with Crippen molar-refractivity contribution in [3.8, 4) is 5.75 Å². The van der Waals surface area contributed by atoms with E-state index in [1.54, 1.807) is 12.1 Å². The summed E-state index contributed by atoms with van der Waals surface area (Å²) in [5, 5.41) is 6.70. The molecule has 1 aromatic carbocycles. The zero-order valence-electron chi connectivity index (χ0n) is 17.9. The summed E-state index contributed by atoms with van der Waals surface area (Å²) >= 11 is 0. The molecule has 0 radical (unpaired) electrons. The zero-order valence-corrected chi connectivity index (χ0v) is 21.1. The Morgan fingerprint density at radius 2 is 2.07 bits per heavy atom. The van der Waals surface area contributed by atoms with Crippen molar-refractivity contribution in [3.05, 3.63) is 30.1 Å². The normalized spacial score (nSPS) is 17.1. The Balaban J connectivity index is 0.00000450. The molecule has 30 heavy (non-hydrogen) atoms. The highest BCUT2D eigenvalue weighted by Gasteiger charge is 2.20. The van der Waals surface area contributed by atoms with Crippen LogP contribution in [0.1, 0.15) is 26.7 Å². The Labute approximate surface area is 196 Å². The lowest BCUT2D eigenvalue weighted by molar-refractivity contribution is 0.215. The van der Waals surface area contributed by atoms with Gasteiger partial charge in [0.25, 0.3) is 0 Å². The molecule has 0 aliphatic carbocycles. The summed E-state index contributed by atoms with van der Waals surface area (Å²) in [6.45, 7) is 7.43. The molecule has 0 amide bonds. The minimum absolute atomic E-state index is 0. The second-order valence-electron chi connectivity index (χ2n) is 7.50. The van der Waals surface area contributed by atoms with Gasteiger partial charge in [-0.3, -0.25) is 0 Å². The maximum absolute atomic E-state index is 13.3. The van der Waals surface area contributed by atoms with E-state index in [2.05, 4.69) is 20.5 Å². The first-order valence-corrected chi connectivity index (χ1v) is 12.2. The van der Waals surface area contributed by atoms with E-state index in [0.29, 0.717) is 24.9 Å². The number of benzene rings is 1. The van der Waals surface area contributed by atoms with E-state index in [9.17, 15) is 12.8 Å². The van der Waals surface area contributed by atoms with Gasteiger partial charge >= 0.3 is 0 Å². The van der Waals surface area contributed by atoms with Crippen LogP contribution in [0.3, 0.4) is 0 Å². The highest BCUT2D eigenvalue weighted by Crippen LogP contribution is 2.14. The number of nitrogens with one attached hydrogen (secondary N) is 2. The largest absolute Gasteiger partial charge is 0.489 e. The van der Waals surface area contributed by atoms with Crippen LogP contribution in [0, 0.1) is 5.82 Å². The van der Waals surface area contributed by atoms with Gasteiger partial charge in [0.15, 0.2) is 5.96 Å². The van der Waals surface area contributed by atoms with E-state index in [1.807, 2.05) is 13.8 Å². The van der Waals surface area contributed by atoms with E-state index < -0.39 is 9.84 Å². The summed E-state index contributed by atoms with van der Waals surface area (Å²) in [4.78, 5) is 6.79. The number of guanidine groups is 1. The predicted octanol–water partition coefficient (Wildman–Crippen LogP) is 2.28. The van der Waals surface area contributed by atoms with Crippen LogP contribution in [0.15, 0.2) is 29.3 Å². The topological polar surface area (TPSA) is 83.0 Å². The molecule has 2 N–H and O–H groups in total. The molecule has 7 nitrogen and oxygen atoms in total. The van der Waals surface area contributed by atoms with Crippen molar-refractivity contribution in [2.75, 3.05) is 44.7 Å².